The Labute approximate surface area is 150 Å². The van der Waals surface area contributed by atoms with Crippen LogP contribution in [-0.2, 0) is 6.42 Å². The van der Waals surface area contributed by atoms with E-state index in [4.69, 9.17) is 9.47 Å². The van der Waals surface area contributed by atoms with E-state index in [0.717, 1.165) is 32.4 Å². The van der Waals surface area contributed by atoms with Crippen LogP contribution in [0.1, 0.15) is 49.0 Å². The van der Waals surface area contributed by atoms with Gasteiger partial charge in [-0.15, -0.1) is 0 Å². The second-order valence-corrected chi connectivity index (χ2v) is 6.38. The second kappa shape index (κ2) is 8.94. The Hall–Kier alpha value is -1.95. The quantitative estimate of drug-likeness (QED) is 0.754. The van der Waals surface area contributed by atoms with Gasteiger partial charge in [0.15, 0.2) is 11.5 Å². The summed E-state index contributed by atoms with van der Waals surface area (Å²) in [4.78, 5) is 15.2. The van der Waals surface area contributed by atoms with Crippen molar-refractivity contribution in [2.24, 2.45) is 0 Å². The number of phenolic OH excluding ortho intramolecular Hbond substituents is 1. The van der Waals surface area contributed by atoms with Crippen LogP contribution in [0.25, 0.3) is 0 Å². The molecule has 0 aliphatic carbocycles. The van der Waals surface area contributed by atoms with Gasteiger partial charge in [-0.25, -0.2) is 0 Å². The van der Waals surface area contributed by atoms with E-state index in [-0.39, 0.29) is 23.0 Å². The van der Waals surface area contributed by atoms with Gasteiger partial charge in [-0.05, 0) is 44.0 Å². The summed E-state index contributed by atoms with van der Waals surface area (Å²) in [5.74, 6) is 0.394. The molecular formula is C19H30N2O4. The zero-order chi connectivity index (χ0) is 18.4. The van der Waals surface area contributed by atoms with Gasteiger partial charge in [-0.2, -0.15) is 0 Å². The van der Waals surface area contributed by atoms with E-state index < -0.39 is 0 Å². The van der Waals surface area contributed by atoms with Gasteiger partial charge in [0.1, 0.15) is 11.3 Å². The fourth-order valence-electron chi connectivity index (χ4n) is 3.55. The molecule has 25 heavy (non-hydrogen) atoms. The van der Waals surface area contributed by atoms with E-state index in [2.05, 4.69) is 17.1 Å². The van der Waals surface area contributed by atoms with Crippen LogP contribution in [0.2, 0.25) is 0 Å². The molecule has 0 saturated carbocycles. The average molecular weight is 350 g/mol. The number of aromatic hydroxyl groups is 1. The first-order chi connectivity index (χ1) is 12.1. The van der Waals surface area contributed by atoms with E-state index in [1.165, 1.54) is 14.2 Å². The highest BCUT2D eigenvalue weighted by atomic mass is 16.5. The Kier molecular flexibility index (Phi) is 6.93. The third-order valence-electron chi connectivity index (χ3n) is 4.87. The highest BCUT2D eigenvalue weighted by Crippen LogP contribution is 2.40. The number of aryl methyl sites for hydroxylation is 1. The molecule has 1 atom stereocenters. The summed E-state index contributed by atoms with van der Waals surface area (Å²) in [5.41, 5.74) is 0.854. The number of nitrogens with one attached hydrogen (secondary N) is 1. The van der Waals surface area contributed by atoms with Crippen LogP contribution in [0.4, 0.5) is 0 Å². The van der Waals surface area contributed by atoms with Crippen LogP contribution in [0.5, 0.6) is 17.2 Å². The normalized spacial score (nSPS) is 17.5. The minimum Gasteiger partial charge on any atom is -0.507 e. The summed E-state index contributed by atoms with van der Waals surface area (Å²) in [7, 11) is 3.01. The van der Waals surface area contributed by atoms with Crippen LogP contribution in [0.15, 0.2) is 6.07 Å². The van der Waals surface area contributed by atoms with Gasteiger partial charge in [0.2, 0.25) is 0 Å². The first-order valence-electron chi connectivity index (χ1n) is 9.06. The minimum absolute atomic E-state index is 0.0178. The maximum atomic E-state index is 12.8. The van der Waals surface area contributed by atoms with Crippen molar-refractivity contribution < 1.29 is 19.4 Å². The van der Waals surface area contributed by atoms with Crippen LogP contribution >= 0.6 is 0 Å². The van der Waals surface area contributed by atoms with E-state index in [1.54, 1.807) is 6.07 Å². The number of hydrogen-bond acceptors (Lipinski definition) is 5. The van der Waals surface area contributed by atoms with Crippen molar-refractivity contribution in [1.29, 1.82) is 0 Å². The molecule has 1 fully saturated rings. The number of nitrogens with zero attached hydrogens (tertiary/aromatic N) is 1. The molecule has 1 unspecified atom stereocenters. The number of amides is 1. The molecule has 1 aromatic rings. The predicted molar refractivity (Wildman–Crippen MR) is 97.8 cm³/mol. The van der Waals surface area contributed by atoms with Crippen molar-refractivity contribution in [3.63, 3.8) is 0 Å². The lowest BCUT2D eigenvalue weighted by Crippen LogP contribution is -2.40. The molecule has 1 aliphatic rings. The zero-order valence-corrected chi connectivity index (χ0v) is 15.7. The lowest BCUT2D eigenvalue weighted by molar-refractivity contribution is 0.0934. The van der Waals surface area contributed by atoms with Crippen molar-refractivity contribution in [3.8, 4) is 17.2 Å². The van der Waals surface area contributed by atoms with Crippen LogP contribution in [0.3, 0.4) is 0 Å². The van der Waals surface area contributed by atoms with Crippen molar-refractivity contribution in [1.82, 2.24) is 10.2 Å². The first kappa shape index (κ1) is 19.4. The standard InChI is InChI=1S/C19H30N2O4/c1-5-8-13-11-15(24-3)18(25-4)16(17(13)22)19(23)20-12-14-9-7-10-21(14)6-2/h11,14,22H,5-10,12H2,1-4H3,(H,20,23). The van der Waals surface area contributed by atoms with Crippen molar-refractivity contribution in [3.05, 3.63) is 17.2 Å². The Morgan fingerprint density at radius 3 is 2.72 bits per heavy atom. The highest BCUT2D eigenvalue weighted by molar-refractivity contribution is 6.01. The monoisotopic (exact) mass is 350 g/mol. The summed E-state index contributed by atoms with van der Waals surface area (Å²) in [6.07, 6.45) is 3.76. The Morgan fingerprint density at radius 1 is 1.36 bits per heavy atom. The molecule has 1 aliphatic heterocycles. The Balaban J connectivity index is 2.26. The maximum absolute atomic E-state index is 12.8. The van der Waals surface area contributed by atoms with Crippen molar-refractivity contribution in [2.45, 2.75) is 45.6 Å². The zero-order valence-electron chi connectivity index (χ0n) is 15.7. The Morgan fingerprint density at radius 2 is 2.12 bits per heavy atom. The van der Waals surface area contributed by atoms with E-state index in [1.807, 2.05) is 6.92 Å². The summed E-state index contributed by atoms with van der Waals surface area (Å²) in [6.45, 7) is 6.78. The number of ether oxygens (including phenoxy) is 2. The van der Waals surface area contributed by atoms with Gasteiger partial charge < -0.3 is 19.9 Å². The molecule has 2 N–H and O–H groups in total. The van der Waals surface area contributed by atoms with Crippen LogP contribution in [-0.4, -0.2) is 55.8 Å². The van der Waals surface area contributed by atoms with Gasteiger partial charge in [0.05, 0.1) is 14.2 Å². The summed E-state index contributed by atoms with van der Waals surface area (Å²) in [5, 5.41) is 13.6. The molecule has 6 nitrogen and oxygen atoms in total. The number of likely N-dealkylation sites (tertiary alicyclic amines) is 1. The summed E-state index contributed by atoms with van der Waals surface area (Å²) in [6, 6.07) is 2.09. The number of phenols is 1. The summed E-state index contributed by atoms with van der Waals surface area (Å²) < 4.78 is 10.7. The molecule has 1 heterocycles. The number of carbonyl (C=O) groups excluding carboxylic acids is 1. The average Bonchev–Trinajstić information content (AvgIpc) is 3.08. The third-order valence-corrected chi connectivity index (χ3v) is 4.87. The van der Waals surface area contributed by atoms with Gasteiger partial charge in [0.25, 0.3) is 5.91 Å². The topological polar surface area (TPSA) is 71.0 Å². The van der Waals surface area contributed by atoms with Crippen molar-refractivity contribution >= 4 is 5.91 Å². The molecule has 140 valence electrons. The molecule has 2 rings (SSSR count). The minimum atomic E-state index is -0.325. The van der Waals surface area contributed by atoms with Gasteiger partial charge in [0, 0.05) is 12.6 Å². The lowest BCUT2D eigenvalue weighted by atomic mass is 10.0. The number of carbonyl (C=O) groups is 1. The predicted octanol–water partition coefficient (Wildman–Crippen LogP) is 2.58. The molecule has 1 aromatic carbocycles. The fraction of sp³-hybridized carbons (Fsp3) is 0.632. The number of benzene rings is 1. The van der Waals surface area contributed by atoms with Gasteiger partial charge >= 0.3 is 0 Å². The highest BCUT2D eigenvalue weighted by Gasteiger charge is 2.27. The van der Waals surface area contributed by atoms with Gasteiger partial charge in [-0.3, -0.25) is 9.69 Å². The molecule has 0 spiro atoms. The number of rotatable bonds is 8. The van der Waals surface area contributed by atoms with Gasteiger partial charge in [-0.1, -0.05) is 20.3 Å². The van der Waals surface area contributed by atoms with E-state index in [9.17, 15) is 9.90 Å². The number of methoxy groups -OCH3 is 2. The molecule has 0 radical (unpaired) electrons. The number of hydrogen-bond donors (Lipinski definition) is 2. The van der Waals surface area contributed by atoms with Crippen molar-refractivity contribution in [2.75, 3.05) is 33.9 Å². The van der Waals surface area contributed by atoms with Crippen LogP contribution in [0, 0.1) is 0 Å². The molecule has 1 saturated heterocycles. The van der Waals surface area contributed by atoms with Crippen LogP contribution < -0.4 is 14.8 Å². The maximum Gasteiger partial charge on any atom is 0.259 e. The lowest BCUT2D eigenvalue weighted by Gasteiger charge is -2.23. The summed E-state index contributed by atoms with van der Waals surface area (Å²) >= 11 is 0. The molecule has 0 aromatic heterocycles. The SMILES string of the molecule is CCCc1cc(OC)c(OC)c(C(=O)NCC2CCCN2CC)c1O. The first-order valence-corrected chi connectivity index (χ1v) is 9.06. The molecule has 1 amide bonds. The largest absolute Gasteiger partial charge is 0.507 e. The second-order valence-electron chi connectivity index (χ2n) is 6.38. The number of likely N-dealkylation sites (N-methyl/N-ethyl adjacent to an activating group) is 1. The third kappa shape index (κ3) is 4.18. The van der Waals surface area contributed by atoms with E-state index in [0.29, 0.717) is 30.3 Å². The molecule has 0 bridgehead atoms. The molecule has 6 heteroatoms. The van der Waals surface area contributed by atoms with E-state index >= 15 is 0 Å². The fourth-order valence-corrected chi connectivity index (χ4v) is 3.55. The Bertz CT molecular complexity index is 604. The molecular weight excluding hydrogens is 320 g/mol. The smallest absolute Gasteiger partial charge is 0.259 e.